The third-order valence-corrected chi connectivity index (χ3v) is 3.51. The van der Waals surface area contributed by atoms with Gasteiger partial charge in [-0.3, -0.25) is 4.79 Å². The van der Waals surface area contributed by atoms with Crippen LogP contribution in [-0.2, 0) is 16.1 Å². The Morgan fingerprint density at radius 3 is 2.48 bits per heavy atom. The number of nitrogens with one attached hydrogen (secondary N) is 1. The molecule has 8 nitrogen and oxygen atoms in total. The summed E-state index contributed by atoms with van der Waals surface area (Å²) in [5, 5.41) is 6.34. The summed E-state index contributed by atoms with van der Waals surface area (Å²) in [4.78, 5) is 23.8. The molecule has 8 heteroatoms. The maximum absolute atomic E-state index is 11.9. The Kier molecular flexibility index (Phi) is 5.99. The van der Waals surface area contributed by atoms with Crippen LogP contribution in [0.1, 0.15) is 27.4 Å². The number of methoxy groups -OCH3 is 2. The lowest BCUT2D eigenvalue weighted by Crippen LogP contribution is -2.28. The molecule has 0 aliphatic carbocycles. The van der Waals surface area contributed by atoms with Crippen LogP contribution in [0, 0.1) is 13.8 Å². The summed E-state index contributed by atoms with van der Waals surface area (Å²) < 4.78 is 20.2. The first kappa shape index (κ1) is 18.3. The highest BCUT2D eigenvalue weighted by molar-refractivity contribution is 5.93. The third-order valence-electron chi connectivity index (χ3n) is 3.51. The van der Waals surface area contributed by atoms with Crippen molar-refractivity contribution in [3.63, 3.8) is 0 Å². The van der Waals surface area contributed by atoms with Gasteiger partial charge in [0.1, 0.15) is 11.3 Å². The van der Waals surface area contributed by atoms with Crippen LogP contribution in [0.25, 0.3) is 0 Å². The van der Waals surface area contributed by atoms with Crippen LogP contribution in [0.15, 0.2) is 22.7 Å². The summed E-state index contributed by atoms with van der Waals surface area (Å²) in [7, 11) is 3.08. The van der Waals surface area contributed by atoms with E-state index in [1.54, 1.807) is 39.2 Å². The zero-order valence-electron chi connectivity index (χ0n) is 14.5. The van der Waals surface area contributed by atoms with E-state index in [2.05, 4.69) is 10.5 Å². The fourth-order valence-electron chi connectivity index (χ4n) is 2.22. The molecule has 0 radical (unpaired) electrons. The van der Waals surface area contributed by atoms with Gasteiger partial charge < -0.3 is 24.1 Å². The monoisotopic (exact) mass is 348 g/mol. The van der Waals surface area contributed by atoms with E-state index in [-0.39, 0.29) is 12.1 Å². The minimum Gasteiger partial charge on any atom is -0.493 e. The van der Waals surface area contributed by atoms with E-state index in [9.17, 15) is 9.59 Å². The number of aryl methyl sites for hydroxylation is 2. The first-order chi connectivity index (χ1) is 12.0. The number of carbonyl (C=O) groups is 2. The minimum absolute atomic E-state index is 0.243. The number of carbonyl (C=O) groups excluding carboxylic acids is 2. The van der Waals surface area contributed by atoms with Crippen LogP contribution in [0.3, 0.4) is 0 Å². The molecule has 0 fully saturated rings. The second-order valence-electron chi connectivity index (χ2n) is 5.24. The molecule has 2 rings (SSSR count). The van der Waals surface area contributed by atoms with Gasteiger partial charge in [0.2, 0.25) is 0 Å². The summed E-state index contributed by atoms with van der Waals surface area (Å²) in [6, 6.07) is 5.31. The van der Waals surface area contributed by atoms with E-state index in [1.807, 2.05) is 0 Å². The van der Waals surface area contributed by atoms with Gasteiger partial charge in [0.05, 0.1) is 19.9 Å². The highest BCUT2D eigenvalue weighted by atomic mass is 16.5. The largest absolute Gasteiger partial charge is 0.493 e. The molecule has 0 aliphatic rings. The van der Waals surface area contributed by atoms with Gasteiger partial charge >= 0.3 is 5.97 Å². The van der Waals surface area contributed by atoms with Crippen molar-refractivity contribution in [1.29, 1.82) is 0 Å². The van der Waals surface area contributed by atoms with Crippen molar-refractivity contribution >= 4 is 11.9 Å². The number of rotatable bonds is 7. The maximum atomic E-state index is 11.9. The summed E-state index contributed by atoms with van der Waals surface area (Å²) in [6.07, 6.45) is 0. The number of nitrogens with zero attached hydrogens (tertiary/aromatic N) is 1. The predicted molar refractivity (Wildman–Crippen MR) is 87.7 cm³/mol. The van der Waals surface area contributed by atoms with E-state index in [0.717, 1.165) is 5.56 Å². The fraction of sp³-hybridized carbons (Fsp3) is 0.353. The summed E-state index contributed by atoms with van der Waals surface area (Å²) >= 11 is 0. The standard InChI is InChI=1S/C17H20N2O6/c1-10-16(11(2)25-19-10)17(21)24-9-15(20)18-8-12-5-6-13(22-3)14(7-12)23-4/h5-7H,8-9H2,1-4H3,(H,18,20). The van der Waals surface area contributed by atoms with Gasteiger partial charge in [-0.2, -0.15) is 0 Å². The Labute approximate surface area is 145 Å². The Balaban J connectivity index is 1.86. The summed E-state index contributed by atoms with van der Waals surface area (Å²) in [5.41, 5.74) is 1.49. The topological polar surface area (TPSA) is 99.9 Å². The normalized spacial score (nSPS) is 10.2. The maximum Gasteiger partial charge on any atom is 0.344 e. The number of aromatic nitrogens is 1. The van der Waals surface area contributed by atoms with Gasteiger partial charge in [-0.15, -0.1) is 0 Å². The van der Waals surface area contributed by atoms with Gasteiger partial charge in [0, 0.05) is 6.54 Å². The number of benzene rings is 1. The Morgan fingerprint density at radius 1 is 1.16 bits per heavy atom. The molecule has 0 saturated carbocycles. The van der Waals surface area contributed by atoms with Crippen LogP contribution in [-0.4, -0.2) is 37.9 Å². The lowest BCUT2D eigenvalue weighted by Gasteiger charge is -2.10. The van der Waals surface area contributed by atoms with Crippen molar-refractivity contribution in [1.82, 2.24) is 10.5 Å². The lowest BCUT2D eigenvalue weighted by molar-refractivity contribution is -0.124. The predicted octanol–water partition coefficient (Wildman–Crippen LogP) is 1.78. The van der Waals surface area contributed by atoms with E-state index < -0.39 is 18.5 Å². The van der Waals surface area contributed by atoms with Gasteiger partial charge in [-0.1, -0.05) is 11.2 Å². The molecular formula is C17H20N2O6. The highest BCUT2D eigenvalue weighted by Gasteiger charge is 2.19. The Morgan fingerprint density at radius 2 is 1.88 bits per heavy atom. The number of esters is 1. The fourth-order valence-corrected chi connectivity index (χ4v) is 2.22. The quantitative estimate of drug-likeness (QED) is 0.761. The zero-order chi connectivity index (χ0) is 18.4. The number of ether oxygens (including phenoxy) is 3. The molecule has 0 unspecified atom stereocenters. The minimum atomic E-state index is -0.641. The van der Waals surface area contributed by atoms with Crippen molar-refractivity contribution in [3.8, 4) is 11.5 Å². The molecule has 1 N–H and O–H groups in total. The highest BCUT2D eigenvalue weighted by Crippen LogP contribution is 2.27. The van der Waals surface area contributed by atoms with Gasteiger partial charge in [-0.25, -0.2) is 4.79 Å². The van der Waals surface area contributed by atoms with Crippen molar-refractivity contribution in [2.75, 3.05) is 20.8 Å². The summed E-state index contributed by atoms with van der Waals surface area (Å²) in [5.74, 6) is 0.464. The molecule has 0 spiro atoms. The third kappa shape index (κ3) is 4.50. The average Bonchev–Trinajstić information content (AvgIpc) is 2.96. The molecule has 25 heavy (non-hydrogen) atoms. The molecule has 1 aromatic heterocycles. The molecule has 2 aromatic rings. The zero-order valence-corrected chi connectivity index (χ0v) is 14.5. The van der Waals surface area contributed by atoms with Gasteiger partial charge in [0.25, 0.3) is 5.91 Å². The van der Waals surface area contributed by atoms with E-state index in [1.165, 1.54) is 7.11 Å². The molecule has 134 valence electrons. The first-order valence-corrected chi connectivity index (χ1v) is 7.53. The molecule has 0 bridgehead atoms. The lowest BCUT2D eigenvalue weighted by atomic mass is 10.2. The first-order valence-electron chi connectivity index (χ1n) is 7.53. The van der Waals surface area contributed by atoms with Gasteiger partial charge in [0.15, 0.2) is 18.1 Å². The van der Waals surface area contributed by atoms with Crippen LogP contribution >= 0.6 is 0 Å². The second-order valence-corrected chi connectivity index (χ2v) is 5.24. The summed E-state index contributed by atoms with van der Waals surface area (Å²) in [6.45, 7) is 3.11. The number of hydrogen-bond acceptors (Lipinski definition) is 7. The van der Waals surface area contributed by atoms with Crippen molar-refractivity contribution < 1.29 is 28.3 Å². The molecule has 0 aliphatic heterocycles. The average molecular weight is 348 g/mol. The van der Waals surface area contributed by atoms with E-state index >= 15 is 0 Å². The van der Waals surface area contributed by atoms with Gasteiger partial charge in [-0.05, 0) is 31.5 Å². The molecule has 0 atom stereocenters. The van der Waals surface area contributed by atoms with Crippen LogP contribution < -0.4 is 14.8 Å². The second kappa shape index (κ2) is 8.18. The van der Waals surface area contributed by atoms with Crippen molar-refractivity contribution in [2.24, 2.45) is 0 Å². The smallest absolute Gasteiger partial charge is 0.344 e. The Hall–Kier alpha value is -3.03. The molecule has 1 heterocycles. The van der Waals surface area contributed by atoms with Crippen LogP contribution in [0.5, 0.6) is 11.5 Å². The van der Waals surface area contributed by atoms with Crippen LogP contribution in [0.4, 0.5) is 0 Å². The Bertz CT molecular complexity index is 749. The van der Waals surface area contributed by atoms with E-state index in [4.69, 9.17) is 18.7 Å². The number of amides is 1. The van der Waals surface area contributed by atoms with Crippen molar-refractivity contribution in [2.45, 2.75) is 20.4 Å². The molecular weight excluding hydrogens is 328 g/mol. The SMILES string of the molecule is COc1ccc(CNC(=O)COC(=O)c2c(C)noc2C)cc1OC. The molecule has 1 aromatic carbocycles. The van der Waals surface area contributed by atoms with E-state index in [0.29, 0.717) is 23.0 Å². The molecule has 0 saturated heterocycles. The van der Waals surface area contributed by atoms with Crippen molar-refractivity contribution in [3.05, 3.63) is 40.8 Å². The molecule has 1 amide bonds. The number of hydrogen-bond donors (Lipinski definition) is 1. The van der Waals surface area contributed by atoms with Crippen LogP contribution in [0.2, 0.25) is 0 Å².